The summed E-state index contributed by atoms with van der Waals surface area (Å²) in [5.41, 5.74) is 5.16. The summed E-state index contributed by atoms with van der Waals surface area (Å²) in [4.78, 5) is 0. The molecule has 0 aliphatic rings. The van der Waals surface area contributed by atoms with Crippen LogP contribution in [0.25, 0.3) is 0 Å². The molecule has 0 heterocycles. The van der Waals surface area contributed by atoms with Crippen LogP contribution in [0.3, 0.4) is 0 Å². The zero-order valence-corrected chi connectivity index (χ0v) is 7.31. The van der Waals surface area contributed by atoms with E-state index in [0.29, 0.717) is 33.0 Å². The minimum atomic E-state index is 0. The quantitative estimate of drug-likeness (QED) is 0.520. The number of halogens is 1. The molecule has 70 valence electrons. The first-order chi connectivity index (χ1) is 4.91. The van der Waals surface area contributed by atoms with Crippen LogP contribution in [0.5, 0.6) is 0 Å². The second kappa shape index (κ2) is 12.8. The van der Waals surface area contributed by atoms with Crippen molar-refractivity contribution in [3.63, 3.8) is 0 Å². The van der Waals surface area contributed by atoms with Crippen molar-refractivity contribution >= 4 is 12.4 Å². The van der Waals surface area contributed by atoms with Crippen molar-refractivity contribution in [2.45, 2.75) is 0 Å². The van der Waals surface area contributed by atoms with Gasteiger partial charge in [0.2, 0.25) is 0 Å². The normalized spacial score (nSPS) is 9.27. The predicted molar refractivity (Wildman–Crippen MR) is 45.0 cm³/mol. The Bertz CT molecular complexity index is 57.8. The Morgan fingerprint density at radius 2 is 1.55 bits per heavy atom. The van der Waals surface area contributed by atoms with Gasteiger partial charge in [-0.2, -0.15) is 0 Å². The topological polar surface area (TPSA) is 64.7 Å². The molecule has 0 aliphatic heterocycles. The van der Waals surface area contributed by atoms with Crippen molar-refractivity contribution in [3.05, 3.63) is 0 Å². The SMILES string of the molecule is Cl.NCCOCCOCCO. The Balaban J connectivity index is 0. The fourth-order valence-electron chi connectivity index (χ4n) is 0.470. The molecule has 4 nitrogen and oxygen atoms in total. The van der Waals surface area contributed by atoms with Crippen molar-refractivity contribution in [3.8, 4) is 0 Å². The molecule has 0 saturated carbocycles. The first-order valence-corrected chi connectivity index (χ1v) is 3.38. The third kappa shape index (κ3) is 13.2. The maximum Gasteiger partial charge on any atom is 0.0701 e. The van der Waals surface area contributed by atoms with Gasteiger partial charge in [-0.05, 0) is 0 Å². The molecular formula is C6H16ClNO3. The maximum atomic E-state index is 8.28. The Kier molecular flexibility index (Phi) is 15.9. The summed E-state index contributed by atoms with van der Waals surface area (Å²) in [5, 5.41) is 8.28. The second-order valence-electron chi connectivity index (χ2n) is 1.74. The van der Waals surface area contributed by atoms with Gasteiger partial charge in [0, 0.05) is 6.54 Å². The van der Waals surface area contributed by atoms with Gasteiger partial charge in [-0.15, -0.1) is 12.4 Å². The Morgan fingerprint density at radius 1 is 1.00 bits per heavy atom. The average Bonchev–Trinajstić information content (AvgIpc) is 1.97. The molecule has 11 heavy (non-hydrogen) atoms. The van der Waals surface area contributed by atoms with Crippen LogP contribution in [0.1, 0.15) is 0 Å². The van der Waals surface area contributed by atoms with Gasteiger partial charge in [0.05, 0.1) is 33.0 Å². The summed E-state index contributed by atoms with van der Waals surface area (Å²) in [6.45, 7) is 2.64. The first-order valence-electron chi connectivity index (χ1n) is 3.38. The number of hydrogen-bond donors (Lipinski definition) is 2. The molecule has 0 unspecified atom stereocenters. The highest BCUT2D eigenvalue weighted by Crippen LogP contribution is 1.76. The lowest BCUT2D eigenvalue weighted by molar-refractivity contribution is 0.0354. The van der Waals surface area contributed by atoms with E-state index in [-0.39, 0.29) is 19.0 Å². The number of rotatable bonds is 7. The summed E-state index contributed by atoms with van der Waals surface area (Å²) in [5.74, 6) is 0. The lowest BCUT2D eigenvalue weighted by atomic mass is 10.7. The molecule has 0 fully saturated rings. The van der Waals surface area contributed by atoms with Crippen molar-refractivity contribution in [2.24, 2.45) is 5.73 Å². The van der Waals surface area contributed by atoms with Crippen LogP contribution in [0.15, 0.2) is 0 Å². The van der Waals surface area contributed by atoms with Crippen LogP contribution in [0.2, 0.25) is 0 Å². The van der Waals surface area contributed by atoms with Gasteiger partial charge in [0.1, 0.15) is 0 Å². The van der Waals surface area contributed by atoms with Crippen molar-refractivity contribution in [2.75, 3.05) is 39.6 Å². The highest BCUT2D eigenvalue weighted by molar-refractivity contribution is 5.85. The standard InChI is InChI=1S/C6H15NO3.ClH/c7-1-3-9-5-6-10-4-2-8;/h8H,1-7H2;1H. The van der Waals surface area contributed by atoms with Crippen molar-refractivity contribution in [1.82, 2.24) is 0 Å². The summed E-state index contributed by atoms with van der Waals surface area (Å²) in [6.07, 6.45) is 0. The molecule has 0 bridgehead atoms. The summed E-state index contributed by atoms with van der Waals surface area (Å²) < 4.78 is 9.91. The molecule has 0 spiro atoms. The van der Waals surface area contributed by atoms with Gasteiger partial charge in [-0.3, -0.25) is 0 Å². The molecular weight excluding hydrogens is 170 g/mol. The number of ether oxygens (including phenoxy) is 2. The van der Waals surface area contributed by atoms with E-state index in [4.69, 9.17) is 20.3 Å². The largest absolute Gasteiger partial charge is 0.394 e. The molecule has 5 heteroatoms. The van der Waals surface area contributed by atoms with E-state index in [2.05, 4.69) is 0 Å². The van der Waals surface area contributed by atoms with Crippen LogP contribution in [-0.2, 0) is 9.47 Å². The van der Waals surface area contributed by atoms with Gasteiger partial charge < -0.3 is 20.3 Å². The van der Waals surface area contributed by atoms with Gasteiger partial charge in [0.25, 0.3) is 0 Å². The number of aliphatic hydroxyl groups is 1. The molecule has 0 amide bonds. The predicted octanol–water partition coefficient (Wildman–Crippen LogP) is -0.608. The third-order valence-electron chi connectivity index (χ3n) is 0.870. The molecule has 0 aromatic carbocycles. The Morgan fingerprint density at radius 3 is 2.00 bits per heavy atom. The fourth-order valence-corrected chi connectivity index (χ4v) is 0.470. The summed E-state index contributed by atoms with van der Waals surface area (Å²) in [7, 11) is 0. The smallest absolute Gasteiger partial charge is 0.0701 e. The maximum absolute atomic E-state index is 8.28. The number of nitrogens with two attached hydrogens (primary N) is 1. The van der Waals surface area contributed by atoms with Crippen LogP contribution in [0, 0.1) is 0 Å². The van der Waals surface area contributed by atoms with Gasteiger partial charge >= 0.3 is 0 Å². The second-order valence-corrected chi connectivity index (χ2v) is 1.74. The van der Waals surface area contributed by atoms with Crippen LogP contribution < -0.4 is 5.73 Å². The van der Waals surface area contributed by atoms with Crippen LogP contribution in [-0.4, -0.2) is 44.7 Å². The Labute approximate surface area is 73.1 Å². The van der Waals surface area contributed by atoms with E-state index >= 15 is 0 Å². The minimum absolute atomic E-state index is 0. The van der Waals surface area contributed by atoms with E-state index in [9.17, 15) is 0 Å². The summed E-state index contributed by atoms with van der Waals surface area (Å²) in [6, 6.07) is 0. The van der Waals surface area contributed by atoms with Crippen molar-refractivity contribution in [1.29, 1.82) is 0 Å². The molecule has 0 aromatic rings. The van der Waals surface area contributed by atoms with Gasteiger partial charge in [0.15, 0.2) is 0 Å². The zero-order valence-electron chi connectivity index (χ0n) is 6.49. The third-order valence-corrected chi connectivity index (χ3v) is 0.870. The molecule has 0 radical (unpaired) electrons. The zero-order chi connectivity index (χ0) is 7.66. The summed E-state index contributed by atoms with van der Waals surface area (Å²) >= 11 is 0. The molecule has 3 N–H and O–H groups in total. The lowest BCUT2D eigenvalue weighted by Crippen LogP contribution is -2.12. The molecule has 0 rings (SSSR count). The fraction of sp³-hybridized carbons (Fsp3) is 1.00. The van der Waals surface area contributed by atoms with E-state index < -0.39 is 0 Å². The highest BCUT2D eigenvalue weighted by atomic mass is 35.5. The first kappa shape index (κ1) is 13.7. The van der Waals surface area contributed by atoms with Gasteiger partial charge in [-0.1, -0.05) is 0 Å². The van der Waals surface area contributed by atoms with Crippen LogP contribution >= 0.6 is 12.4 Å². The Hall–Kier alpha value is 0.130. The monoisotopic (exact) mass is 185 g/mol. The molecule has 0 aliphatic carbocycles. The minimum Gasteiger partial charge on any atom is -0.394 e. The molecule has 0 saturated heterocycles. The van der Waals surface area contributed by atoms with Crippen LogP contribution in [0.4, 0.5) is 0 Å². The van der Waals surface area contributed by atoms with E-state index in [1.54, 1.807) is 0 Å². The number of aliphatic hydroxyl groups excluding tert-OH is 1. The highest BCUT2D eigenvalue weighted by Gasteiger charge is 1.86. The van der Waals surface area contributed by atoms with E-state index in [0.717, 1.165) is 0 Å². The van der Waals surface area contributed by atoms with E-state index in [1.807, 2.05) is 0 Å². The number of hydrogen-bond acceptors (Lipinski definition) is 4. The molecule has 0 atom stereocenters. The van der Waals surface area contributed by atoms with E-state index in [1.165, 1.54) is 0 Å². The average molecular weight is 186 g/mol. The van der Waals surface area contributed by atoms with Gasteiger partial charge in [-0.25, -0.2) is 0 Å². The van der Waals surface area contributed by atoms with Crippen molar-refractivity contribution < 1.29 is 14.6 Å². The lowest BCUT2D eigenvalue weighted by Gasteiger charge is -2.02. The molecule has 0 aromatic heterocycles.